The smallest absolute Gasteiger partial charge is 0.493 e. The molecule has 0 heterocycles. The van der Waals surface area contributed by atoms with Crippen molar-refractivity contribution in [3.05, 3.63) is 65.7 Å². The van der Waals surface area contributed by atoms with Gasteiger partial charge in [0.05, 0.1) is 7.11 Å². The number of methoxy groups -OCH3 is 1. The number of para-hydroxylation sites is 1. The van der Waals surface area contributed by atoms with Gasteiger partial charge in [-0.2, -0.15) is 0 Å². The highest BCUT2D eigenvalue weighted by molar-refractivity contribution is 7.47. The Morgan fingerprint density at radius 3 is 2.50 bits per heavy atom. The third-order valence-electron chi connectivity index (χ3n) is 5.02. The zero-order chi connectivity index (χ0) is 26.6. The number of carbonyl (C=O) groups is 2. The second-order valence-electron chi connectivity index (χ2n) is 8.31. The van der Waals surface area contributed by atoms with Gasteiger partial charge < -0.3 is 19.3 Å². The topological polar surface area (TPSA) is 120 Å². The lowest BCUT2D eigenvalue weighted by Gasteiger charge is -2.15. The average Bonchev–Trinajstić information content (AvgIpc) is 2.85. The van der Waals surface area contributed by atoms with E-state index in [-0.39, 0.29) is 28.7 Å². The Hall–Kier alpha value is -3.13. The highest BCUT2D eigenvalue weighted by atomic mass is 31.2. The van der Waals surface area contributed by atoms with Crippen LogP contribution in [0, 0.1) is 5.92 Å². The Bertz CT molecular complexity index is 1100. The molecular weight excluding hydrogens is 485 g/mol. The van der Waals surface area contributed by atoms with E-state index < -0.39 is 13.8 Å². The number of allylic oxidation sites excluding steroid dienone is 2. The molecule has 2 N–H and O–H groups in total. The molecule has 10 heteroatoms. The number of amides is 1. The number of rotatable bonds is 14. The number of ether oxygens (including phenoxy) is 2. The molecule has 2 rings (SSSR count). The van der Waals surface area contributed by atoms with Crippen molar-refractivity contribution in [1.29, 1.82) is 0 Å². The highest BCUT2D eigenvalue weighted by Gasteiger charge is 2.25. The van der Waals surface area contributed by atoms with Crippen molar-refractivity contribution in [1.82, 2.24) is 5.32 Å². The van der Waals surface area contributed by atoms with Gasteiger partial charge in [0.2, 0.25) is 5.91 Å². The van der Waals surface area contributed by atoms with Gasteiger partial charge in [-0.25, -0.2) is 9.36 Å². The summed E-state index contributed by atoms with van der Waals surface area (Å²) in [4.78, 5) is 34.5. The Morgan fingerprint density at radius 1 is 1.06 bits per heavy atom. The largest absolute Gasteiger partial charge is 0.527 e. The molecule has 0 spiro atoms. The normalized spacial score (nSPS) is 12.8. The van der Waals surface area contributed by atoms with Gasteiger partial charge in [0.1, 0.15) is 11.3 Å². The molecule has 0 aliphatic carbocycles. The van der Waals surface area contributed by atoms with Gasteiger partial charge >= 0.3 is 13.8 Å². The number of esters is 1. The van der Waals surface area contributed by atoms with Crippen molar-refractivity contribution >= 4 is 19.7 Å². The summed E-state index contributed by atoms with van der Waals surface area (Å²) in [6, 6.07) is 10.8. The molecule has 1 unspecified atom stereocenters. The molecule has 0 bridgehead atoms. The van der Waals surface area contributed by atoms with Gasteiger partial charge in [-0.3, -0.25) is 14.2 Å². The van der Waals surface area contributed by atoms with Crippen LogP contribution in [-0.2, 0) is 20.4 Å². The van der Waals surface area contributed by atoms with Gasteiger partial charge in [-0.05, 0) is 55.0 Å². The van der Waals surface area contributed by atoms with Crippen LogP contribution in [0.3, 0.4) is 0 Å². The number of hydrogen-bond donors (Lipinski definition) is 2. The second-order valence-corrected chi connectivity index (χ2v) is 9.79. The van der Waals surface area contributed by atoms with E-state index in [1.165, 1.54) is 25.3 Å². The van der Waals surface area contributed by atoms with E-state index in [4.69, 9.17) is 14.0 Å². The number of hydrogen-bond acceptors (Lipinski definition) is 7. The molecule has 0 fully saturated rings. The standard InChI is InChI=1S/C26H34NO8P/c1-19(2)11-7-5-6-8-14-25(28)27-18-20-15-16-23(24(17-20)32-3)34-26(29)21-12-9-10-13-22(21)35-36(30,31)33-4/h7,9-13,15-17,19H,5-6,8,14,18H2,1-4H3,(H,27,28)(H,30,31)/b11-7+. The predicted molar refractivity (Wildman–Crippen MR) is 136 cm³/mol. The van der Waals surface area contributed by atoms with Crippen molar-refractivity contribution < 1.29 is 37.6 Å². The highest BCUT2D eigenvalue weighted by Crippen LogP contribution is 2.44. The number of phosphoric acid groups is 1. The molecule has 0 saturated heterocycles. The lowest BCUT2D eigenvalue weighted by Crippen LogP contribution is -2.22. The van der Waals surface area contributed by atoms with Gasteiger partial charge in [0.25, 0.3) is 0 Å². The average molecular weight is 520 g/mol. The van der Waals surface area contributed by atoms with Crippen LogP contribution < -0.4 is 19.3 Å². The maximum Gasteiger partial charge on any atom is 0.527 e. The van der Waals surface area contributed by atoms with Crippen LogP contribution in [0.1, 0.15) is 55.5 Å². The van der Waals surface area contributed by atoms with Gasteiger partial charge in [0, 0.05) is 20.1 Å². The van der Waals surface area contributed by atoms with Crippen molar-refractivity contribution in [2.45, 2.75) is 46.1 Å². The number of phosphoric ester groups is 1. The van der Waals surface area contributed by atoms with Crippen LogP contribution >= 0.6 is 7.82 Å². The summed E-state index contributed by atoms with van der Waals surface area (Å²) < 4.78 is 31.9. The minimum atomic E-state index is -4.37. The fourth-order valence-corrected chi connectivity index (χ4v) is 3.63. The predicted octanol–water partition coefficient (Wildman–Crippen LogP) is 5.43. The van der Waals surface area contributed by atoms with Gasteiger partial charge in [-0.15, -0.1) is 0 Å². The van der Waals surface area contributed by atoms with E-state index in [0.29, 0.717) is 18.9 Å². The summed E-state index contributed by atoms with van der Waals surface area (Å²) in [6.07, 6.45) is 7.50. The zero-order valence-electron chi connectivity index (χ0n) is 21.1. The molecule has 0 saturated carbocycles. The third kappa shape index (κ3) is 9.85. The van der Waals surface area contributed by atoms with Crippen LogP contribution in [0.4, 0.5) is 0 Å². The molecule has 1 atom stereocenters. The fourth-order valence-electron chi connectivity index (χ4n) is 3.14. The lowest BCUT2D eigenvalue weighted by atomic mass is 10.1. The molecule has 9 nitrogen and oxygen atoms in total. The van der Waals surface area contributed by atoms with E-state index in [9.17, 15) is 19.0 Å². The molecule has 2 aromatic carbocycles. The number of benzene rings is 2. The molecule has 1 amide bonds. The summed E-state index contributed by atoms with van der Waals surface area (Å²) >= 11 is 0. The van der Waals surface area contributed by atoms with E-state index in [2.05, 4.69) is 35.8 Å². The quantitative estimate of drug-likeness (QED) is 0.111. The van der Waals surface area contributed by atoms with E-state index in [1.54, 1.807) is 24.3 Å². The Balaban J connectivity index is 1.95. The SMILES string of the molecule is COc1cc(CNC(=O)CCCC/C=C/C(C)C)ccc1OC(=O)c1ccccc1OP(=O)(O)OC. The van der Waals surface area contributed by atoms with Crippen LogP contribution in [0.25, 0.3) is 0 Å². The van der Waals surface area contributed by atoms with Crippen LogP contribution in [0.15, 0.2) is 54.6 Å². The minimum Gasteiger partial charge on any atom is -0.493 e. The minimum absolute atomic E-state index is 0.0360. The summed E-state index contributed by atoms with van der Waals surface area (Å²) in [6.45, 7) is 4.56. The van der Waals surface area contributed by atoms with E-state index >= 15 is 0 Å². The van der Waals surface area contributed by atoms with E-state index in [0.717, 1.165) is 31.9 Å². The van der Waals surface area contributed by atoms with Crippen molar-refractivity contribution in [3.63, 3.8) is 0 Å². The first-order chi connectivity index (χ1) is 17.1. The maximum atomic E-state index is 12.7. The Morgan fingerprint density at radius 2 is 1.81 bits per heavy atom. The first-order valence-electron chi connectivity index (χ1n) is 11.6. The van der Waals surface area contributed by atoms with Gasteiger partial charge in [-0.1, -0.05) is 44.2 Å². The number of unbranched alkanes of at least 4 members (excludes halogenated alkanes) is 2. The molecule has 0 radical (unpaired) electrons. The van der Waals surface area contributed by atoms with E-state index in [1.807, 2.05) is 0 Å². The molecule has 36 heavy (non-hydrogen) atoms. The first-order valence-corrected chi connectivity index (χ1v) is 13.1. The zero-order valence-corrected chi connectivity index (χ0v) is 22.0. The van der Waals surface area contributed by atoms with Crippen LogP contribution in [0.5, 0.6) is 17.2 Å². The third-order valence-corrected chi connectivity index (χ3v) is 5.91. The van der Waals surface area contributed by atoms with Crippen LogP contribution in [0.2, 0.25) is 0 Å². The summed E-state index contributed by atoms with van der Waals surface area (Å²) in [7, 11) is -1.92. The molecule has 0 aromatic heterocycles. The van der Waals surface area contributed by atoms with Crippen LogP contribution in [-0.4, -0.2) is 31.0 Å². The monoisotopic (exact) mass is 519 g/mol. The molecule has 2 aromatic rings. The first kappa shape index (κ1) is 29.1. The Kier molecular flexibility index (Phi) is 11.7. The maximum absolute atomic E-state index is 12.7. The van der Waals surface area contributed by atoms with Crippen molar-refractivity contribution in [3.8, 4) is 17.2 Å². The lowest BCUT2D eigenvalue weighted by molar-refractivity contribution is -0.121. The second kappa shape index (κ2) is 14.4. The molecule has 0 aliphatic heterocycles. The fraction of sp³-hybridized carbons (Fsp3) is 0.385. The van der Waals surface area contributed by atoms with Crippen molar-refractivity contribution in [2.24, 2.45) is 5.92 Å². The Labute approximate surface area is 212 Å². The van der Waals surface area contributed by atoms with Gasteiger partial charge in [0.15, 0.2) is 11.5 Å². The summed E-state index contributed by atoms with van der Waals surface area (Å²) in [5.41, 5.74) is 0.701. The number of nitrogens with one attached hydrogen (secondary N) is 1. The molecule has 196 valence electrons. The molecule has 0 aliphatic rings. The summed E-state index contributed by atoms with van der Waals surface area (Å²) in [5, 5.41) is 2.88. The summed E-state index contributed by atoms with van der Waals surface area (Å²) in [5.74, 6) is -0.0525. The number of carbonyl (C=O) groups excluding carboxylic acids is 2. The molecular formula is C26H34NO8P. The van der Waals surface area contributed by atoms with Crippen molar-refractivity contribution in [2.75, 3.05) is 14.2 Å².